The van der Waals surface area contributed by atoms with Gasteiger partial charge in [0.2, 0.25) is 0 Å². The molecule has 0 amide bonds. The average molecular weight is 564 g/mol. The Morgan fingerprint density at radius 2 is 0.895 bits per heavy atom. The molecule has 2 rings (SSSR count). The summed E-state index contributed by atoms with van der Waals surface area (Å²) >= 11 is 0. The van der Waals surface area contributed by atoms with Crippen LogP contribution in [0.25, 0.3) is 0 Å². The summed E-state index contributed by atoms with van der Waals surface area (Å²) in [4.78, 5) is 0. The zero-order valence-corrected chi connectivity index (χ0v) is 22.3. The van der Waals surface area contributed by atoms with Crippen LogP contribution in [-0.2, 0) is 35.8 Å². The predicted molar refractivity (Wildman–Crippen MR) is 140 cm³/mol. The third-order valence-corrected chi connectivity index (χ3v) is 5.06. The SMILES string of the molecule is C#CCCCCOCc1ccc(C[NH2+]Cc2ccc(COCCCCC#C)cc2)cc1.F[P-](F)(F)(F)(F)F. The molecule has 212 valence electrons. The Kier molecular flexibility index (Phi) is 13.9. The first-order chi connectivity index (χ1) is 17.8. The zero-order chi connectivity index (χ0) is 28.4. The van der Waals surface area contributed by atoms with E-state index in [1.165, 1.54) is 22.3 Å². The molecule has 2 aromatic carbocycles. The fourth-order valence-electron chi connectivity index (χ4n) is 3.19. The molecule has 10 heteroatoms. The van der Waals surface area contributed by atoms with E-state index in [4.69, 9.17) is 22.3 Å². The van der Waals surface area contributed by atoms with Crippen LogP contribution in [0.15, 0.2) is 48.5 Å². The van der Waals surface area contributed by atoms with E-state index in [0.29, 0.717) is 13.2 Å². The number of benzene rings is 2. The van der Waals surface area contributed by atoms with Gasteiger partial charge in [-0.3, -0.25) is 0 Å². The minimum absolute atomic E-state index is 0.668. The second-order valence-electron chi connectivity index (χ2n) is 8.72. The second-order valence-corrected chi connectivity index (χ2v) is 10.6. The predicted octanol–water partition coefficient (Wildman–Crippen LogP) is 7.97. The van der Waals surface area contributed by atoms with Crippen LogP contribution in [-0.4, -0.2) is 13.2 Å². The van der Waals surface area contributed by atoms with E-state index in [1.807, 2.05) is 0 Å². The number of hydrogen-bond donors (Lipinski definition) is 1. The molecule has 0 spiro atoms. The summed E-state index contributed by atoms with van der Waals surface area (Å²) < 4.78 is 70.6. The third-order valence-electron chi connectivity index (χ3n) is 5.06. The van der Waals surface area contributed by atoms with Crippen LogP contribution in [0, 0.1) is 24.7 Å². The summed E-state index contributed by atoms with van der Waals surface area (Å²) in [6, 6.07) is 17.4. The van der Waals surface area contributed by atoms with Crippen molar-refractivity contribution in [2.45, 2.75) is 64.8 Å². The fourth-order valence-corrected chi connectivity index (χ4v) is 3.19. The van der Waals surface area contributed by atoms with Gasteiger partial charge >= 0.3 is 33.0 Å². The van der Waals surface area contributed by atoms with Crippen LogP contribution in [0.4, 0.5) is 25.2 Å². The van der Waals surface area contributed by atoms with Gasteiger partial charge in [0, 0.05) is 37.2 Å². The Labute approximate surface area is 221 Å². The maximum atomic E-state index is 9.87. The van der Waals surface area contributed by atoms with E-state index < -0.39 is 7.81 Å². The van der Waals surface area contributed by atoms with Crippen LogP contribution < -0.4 is 5.32 Å². The Balaban J connectivity index is 0.000000905. The van der Waals surface area contributed by atoms with E-state index in [-0.39, 0.29) is 0 Å². The van der Waals surface area contributed by atoms with Gasteiger partial charge in [0.25, 0.3) is 0 Å². The molecule has 0 fully saturated rings. The van der Waals surface area contributed by atoms with Crippen LogP contribution in [0.2, 0.25) is 0 Å². The first kappa shape index (κ1) is 33.5. The molecule has 38 heavy (non-hydrogen) atoms. The number of unbranched alkanes of at least 4 members (excludes halogenated alkanes) is 4. The van der Waals surface area contributed by atoms with Gasteiger partial charge in [-0.15, -0.1) is 24.7 Å². The monoisotopic (exact) mass is 563 g/mol. The van der Waals surface area contributed by atoms with Gasteiger partial charge in [-0.2, -0.15) is 0 Å². The molecular weight excluding hydrogens is 527 g/mol. The van der Waals surface area contributed by atoms with E-state index in [9.17, 15) is 25.2 Å². The normalized spacial score (nSPS) is 12.8. The van der Waals surface area contributed by atoms with Crippen LogP contribution in [0.1, 0.15) is 60.8 Å². The second kappa shape index (κ2) is 15.8. The Hall–Kier alpha value is -2.55. The molecule has 0 heterocycles. The molecule has 0 aromatic heterocycles. The quantitative estimate of drug-likeness (QED) is 0.0973. The fraction of sp³-hybridized carbons (Fsp3) is 0.429. The van der Waals surface area contributed by atoms with Gasteiger partial charge in [-0.25, -0.2) is 0 Å². The molecule has 0 saturated carbocycles. The molecule has 0 aliphatic rings. The van der Waals surface area contributed by atoms with Gasteiger partial charge in [0.15, 0.2) is 0 Å². The average Bonchev–Trinajstić information content (AvgIpc) is 2.83. The number of ether oxygens (including phenoxy) is 2. The van der Waals surface area contributed by atoms with Gasteiger partial charge < -0.3 is 14.8 Å². The van der Waals surface area contributed by atoms with Crippen LogP contribution in [0.3, 0.4) is 0 Å². The molecule has 0 bridgehead atoms. The minimum atomic E-state index is -10.7. The van der Waals surface area contributed by atoms with Gasteiger partial charge in [-0.1, -0.05) is 48.5 Å². The van der Waals surface area contributed by atoms with Crippen molar-refractivity contribution in [1.82, 2.24) is 0 Å². The molecular formula is C28H36F6NO2P. The summed E-state index contributed by atoms with van der Waals surface area (Å²) in [6.45, 7) is 4.82. The Bertz CT molecular complexity index is 931. The molecule has 0 aliphatic heterocycles. The van der Waals surface area contributed by atoms with Crippen LogP contribution >= 0.6 is 7.81 Å². The molecule has 2 aromatic rings. The molecule has 0 unspecified atom stereocenters. The summed E-state index contributed by atoms with van der Waals surface area (Å²) in [6.07, 6.45) is 16.3. The van der Waals surface area contributed by atoms with Gasteiger partial charge in [0.1, 0.15) is 13.1 Å². The van der Waals surface area contributed by atoms with Gasteiger partial charge in [-0.05, 0) is 36.8 Å². The molecule has 0 radical (unpaired) electrons. The topological polar surface area (TPSA) is 35.1 Å². The van der Waals surface area contributed by atoms with Crippen molar-refractivity contribution >= 4 is 7.81 Å². The van der Waals surface area contributed by atoms with E-state index >= 15 is 0 Å². The van der Waals surface area contributed by atoms with Crippen LogP contribution in [0.5, 0.6) is 0 Å². The number of halogens is 6. The summed E-state index contributed by atoms with van der Waals surface area (Å²) in [5, 5.41) is 2.33. The van der Waals surface area contributed by atoms with Crippen molar-refractivity contribution in [1.29, 1.82) is 0 Å². The summed E-state index contributed by atoms with van der Waals surface area (Å²) in [7, 11) is -10.7. The van der Waals surface area contributed by atoms with E-state index in [0.717, 1.165) is 64.8 Å². The molecule has 0 aliphatic carbocycles. The Morgan fingerprint density at radius 1 is 0.579 bits per heavy atom. The summed E-state index contributed by atoms with van der Waals surface area (Å²) in [5.41, 5.74) is 5.09. The first-order valence-corrected chi connectivity index (χ1v) is 14.4. The zero-order valence-electron chi connectivity index (χ0n) is 21.4. The number of nitrogens with two attached hydrogens (primary N) is 1. The maximum absolute atomic E-state index is 10.7. The number of quaternary nitrogens is 1. The molecule has 0 saturated heterocycles. The van der Waals surface area contributed by atoms with Crippen molar-refractivity contribution in [3.63, 3.8) is 0 Å². The Morgan fingerprint density at radius 3 is 1.21 bits per heavy atom. The van der Waals surface area contributed by atoms with E-state index in [1.54, 1.807) is 0 Å². The third kappa shape index (κ3) is 22.6. The van der Waals surface area contributed by atoms with Crippen molar-refractivity contribution in [2.24, 2.45) is 0 Å². The molecule has 2 N–H and O–H groups in total. The molecule has 0 atom stereocenters. The number of terminal acetylenes is 2. The molecule has 3 nitrogen and oxygen atoms in total. The van der Waals surface area contributed by atoms with Crippen molar-refractivity contribution in [3.8, 4) is 24.7 Å². The van der Waals surface area contributed by atoms with Gasteiger partial charge in [0.05, 0.1) is 13.2 Å². The standard InChI is InChI=1S/C28H35NO2.F6P/c1-3-5-7-9-19-30-23-27-15-11-25(12-16-27)21-29-22-26-13-17-28(18-14-26)24-31-20-10-8-6-4-2;1-7(2,3,4,5)6/h1-2,11-18,29H,5-10,19-24H2;/q;-1/p+1. The van der Waals surface area contributed by atoms with E-state index in [2.05, 4.69) is 65.7 Å². The van der Waals surface area contributed by atoms with Crippen molar-refractivity contribution < 1.29 is 40.0 Å². The van der Waals surface area contributed by atoms with Crippen molar-refractivity contribution in [2.75, 3.05) is 13.2 Å². The summed E-state index contributed by atoms with van der Waals surface area (Å²) in [5.74, 6) is 5.32. The van der Waals surface area contributed by atoms with Crippen molar-refractivity contribution in [3.05, 3.63) is 70.8 Å². The first-order valence-electron chi connectivity index (χ1n) is 12.3. The number of rotatable bonds is 16. The number of hydrogen-bond acceptors (Lipinski definition) is 2.